The van der Waals surface area contributed by atoms with Crippen LogP contribution in [0.25, 0.3) is 10.2 Å². The molecule has 0 bridgehead atoms. The Balaban J connectivity index is 1.86. The molecule has 0 saturated heterocycles. The van der Waals surface area contributed by atoms with Crippen molar-refractivity contribution in [1.29, 1.82) is 0 Å². The quantitative estimate of drug-likeness (QED) is 0.531. The van der Waals surface area contributed by atoms with E-state index >= 15 is 0 Å². The first-order valence-corrected chi connectivity index (χ1v) is 9.96. The van der Waals surface area contributed by atoms with Gasteiger partial charge in [0, 0.05) is 18.3 Å². The van der Waals surface area contributed by atoms with Gasteiger partial charge in [-0.3, -0.25) is 9.59 Å². The number of thiophene rings is 1. The molecular formula is C20H22N4O4S. The second-order valence-electron chi connectivity index (χ2n) is 6.53. The first-order valence-electron chi connectivity index (χ1n) is 9.14. The van der Waals surface area contributed by atoms with Crippen LogP contribution in [0.4, 0.5) is 11.4 Å². The first-order chi connectivity index (χ1) is 13.8. The molecule has 1 aromatic carbocycles. The van der Waals surface area contributed by atoms with Crippen LogP contribution in [0.5, 0.6) is 0 Å². The molecule has 1 unspecified atom stereocenters. The molecule has 0 aliphatic rings. The predicted molar refractivity (Wildman–Crippen MR) is 114 cm³/mol. The first kappa shape index (κ1) is 20.5. The molecule has 8 nitrogen and oxygen atoms in total. The number of aromatic nitrogens is 2. The van der Waals surface area contributed by atoms with Crippen LogP contribution in [-0.4, -0.2) is 28.5 Å². The van der Waals surface area contributed by atoms with Crippen molar-refractivity contribution in [1.82, 2.24) is 9.97 Å². The summed E-state index contributed by atoms with van der Waals surface area (Å²) < 4.78 is 5.06. The Morgan fingerprint density at radius 2 is 1.90 bits per heavy atom. The van der Waals surface area contributed by atoms with Gasteiger partial charge in [0.25, 0.3) is 5.56 Å². The van der Waals surface area contributed by atoms with Crippen LogP contribution in [0.2, 0.25) is 0 Å². The monoisotopic (exact) mass is 414 g/mol. The van der Waals surface area contributed by atoms with Gasteiger partial charge in [0.2, 0.25) is 5.91 Å². The molecule has 1 amide bonds. The molecule has 0 aliphatic carbocycles. The van der Waals surface area contributed by atoms with Crippen LogP contribution in [0.3, 0.4) is 0 Å². The Bertz CT molecular complexity index is 1120. The Hall–Kier alpha value is -3.20. The zero-order valence-corrected chi connectivity index (χ0v) is 17.4. The molecule has 3 rings (SSSR count). The molecule has 3 N–H and O–H groups in total. The van der Waals surface area contributed by atoms with E-state index in [1.54, 1.807) is 26.0 Å². The topological polar surface area (TPSA) is 113 Å². The van der Waals surface area contributed by atoms with E-state index in [-0.39, 0.29) is 24.1 Å². The number of esters is 1. The van der Waals surface area contributed by atoms with Crippen LogP contribution in [0, 0.1) is 6.92 Å². The van der Waals surface area contributed by atoms with Gasteiger partial charge in [-0.15, -0.1) is 11.3 Å². The van der Waals surface area contributed by atoms with Crippen LogP contribution >= 0.6 is 11.3 Å². The van der Waals surface area contributed by atoms with Crippen LogP contribution in [0.1, 0.15) is 47.9 Å². The molecule has 29 heavy (non-hydrogen) atoms. The third kappa shape index (κ3) is 4.45. The molecule has 0 saturated carbocycles. The van der Waals surface area contributed by atoms with Crippen molar-refractivity contribution in [2.24, 2.45) is 0 Å². The number of H-pyrrole nitrogens is 1. The predicted octanol–water partition coefficient (Wildman–Crippen LogP) is 3.60. The Kier molecular flexibility index (Phi) is 5.97. The Labute approximate surface area is 171 Å². The number of nitrogens with one attached hydrogen (secondary N) is 3. The van der Waals surface area contributed by atoms with Crippen molar-refractivity contribution in [2.45, 2.75) is 33.7 Å². The molecule has 9 heteroatoms. The summed E-state index contributed by atoms with van der Waals surface area (Å²) in [5.74, 6) is -0.118. The smallest absolute Gasteiger partial charge is 0.348 e. The molecule has 0 spiro atoms. The lowest BCUT2D eigenvalue weighted by molar-refractivity contribution is -0.114. The molecule has 1 atom stereocenters. The van der Waals surface area contributed by atoms with Gasteiger partial charge in [0.05, 0.1) is 18.0 Å². The SMILES string of the molecule is CCOC(=O)c1sc2nc(C(C)Nc3ccc(NC(C)=O)cc3)[nH]c(=O)c2c1C. The van der Waals surface area contributed by atoms with Gasteiger partial charge in [-0.05, 0) is 50.6 Å². The minimum absolute atomic E-state index is 0.136. The van der Waals surface area contributed by atoms with Crippen molar-refractivity contribution in [3.63, 3.8) is 0 Å². The lowest BCUT2D eigenvalue weighted by Crippen LogP contribution is -2.17. The van der Waals surface area contributed by atoms with Crippen LogP contribution in [0.15, 0.2) is 29.1 Å². The summed E-state index contributed by atoms with van der Waals surface area (Å²) in [5.41, 5.74) is 1.80. The fraction of sp³-hybridized carbons (Fsp3) is 0.300. The van der Waals surface area contributed by atoms with Gasteiger partial charge in [-0.2, -0.15) is 0 Å². The second kappa shape index (κ2) is 8.44. The van der Waals surface area contributed by atoms with Gasteiger partial charge < -0.3 is 20.4 Å². The molecule has 3 aromatic rings. The number of fused-ring (bicyclic) bond motifs is 1. The van der Waals surface area contributed by atoms with Gasteiger partial charge in [-0.1, -0.05) is 0 Å². The Morgan fingerprint density at radius 3 is 2.52 bits per heavy atom. The lowest BCUT2D eigenvalue weighted by atomic mass is 10.2. The van der Waals surface area contributed by atoms with Gasteiger partial charge in [0.15, 0.2) is 0 Å². The third-order valence-electron chi connectivity index (χ3n) is 4.28. The highest BCUT2D eigenvalue weighted by Gasteiger charge is 2.21. The number of rotatable bonds is 6. The standard InChI is InChI=1S/C20H22N4O4S/c1-5-28-20(27)16-10(2)15-18(26)23-17(24-19(15)29-16)11(3)21-13-6-8-14(9-7-13)22-12(4)25/h6-9,11,21H,5H2,1-4H3,(H,22,25)(H,23,24,26). The lowest BCUT2D eigenvalue weighted by Gasteiger charge is -2.15. The number of nitrogens with zero attached hydrogens (tertiary/aromatic N) is 1. The molecule has 2 aromatic heterocycles. The normalized spacial score (nSPS) is 11.9. The number of ether oxygens (including phenoxy) is 1. The van der Waals surface area contributed by atoms with E-state index in [0.29, 0.717) is 32.2 Å². The van der Waals surface area contributed by atoms with E-state index in [2.05, 4.69) is 20.6 Å². The number of carbonyl (C=O) groups excluding carboxylic acids is 2. The number of hydrogen-bond donors (Lipinski definition) is 3. The summed E-state index contributed by atoms with van der Waals surface area (Å²) >= 11 is 1.16. The van der Waals surface area contributed by atoms with Crippen molar-refractivity contribution in [2.75, 3.05) is 17.2 Å². The summed E-state index contributed by atoms with van der Waals surface area (Å²) in [5, 5.41) is 6.38. The van der Waals surface area contributed by atoms with Crippen molar-refractivity contribution >= 4 is 44.8 Å². The second-order valence-corrected chi connectivity index (χ2v) is 7.53. The maximum atomic E-state index is 12.6. The van der Waals surface area contributed by atoms with Crippen molar-refractivity contribution in [3.05, 3.63) is 50.9 Å². The van der Waals surface area contributed by atoms with Gasteiger partial charge in [-0.25, -0.2) is 9.78 Å². The van der Waals surface area contributed by atoms with Gasteiger partial charge in [0.1, 0.15) is 15.5 Å². The van der Waals surface area contributed by atoms with E-state index in [9.17, 15) is 14.4 Å². The molecule has 0 aliphatic heterocycles. The van der Waals surface area contributed by atoms with E-state index in [0.717, 1.165) is 17.0 Å². The van der Waals surface area contributed by atoms with Crippen molar-refractivity contribution < 1.29 is 14.3 Å². The number of amides is 1. The fourth-order valence-corrected chi connectivity index (χ4v) is 4.01. The minimum Gasteiger partial charge on any atom is -0.462 e. The highest BCUT2D eigenvalue weighted by atomic mass is 32.1. The molecule has 0 fully saturated rings. The number of aromatic amines is 1. The van der Waals surface area contributed by atoms with Crippen LogP contribution < -0.4 is 16.2 Å². The highest BCUT2D eigenvalue weighted by Crippen LogP contribution is 2.28. The maximum absolute atomic E-state index is 12.6. The van der Waals surface area contributed by atoms with Crippen molar-refractivity contribution in [3.8, 4) is 0 Å². The highest BCUT2D eigenvalue weighted by molar-refractivity contribution is 7.20. The zero-order chi connectivity index (χ0) is 21.1. The van der Waals surface area contributed by atoms with E-state index < -0.39 is 5.97 Å². The van der Waals surface area contributed by atoms with E-state index in [4.69, 9.17) is 4.74 Å². The molecule has 152 valence electrons. The number of hydrogen-bond acceptors (Lipinski definition) is 7. The number of benzene rings is 1. The summed E-state index contributed by atoms with van der Waals surface area (Å²) in [4.78, 5) is 44.1. The van der Waals surface area contributed by atoms with Crippen LogP contribution in [-0.2, 0) is 9.53 Å². The number of carbonyl (C=O) groups is 2. The molecule has 0 radical (unpaired) electrons. The number of anilines is 2. The molecular weight excluding hydrogens is 392 g/mol. The third-order valence-corrected chi connectivity index (χ3v) is 5.44. The molecule has 2 heterocycles. The fourth-order valence-electron chi connectivity index (χ4n) is 2.93. The van der Waals surface area contributed by atoms with Gasteiger partial charge >= 0.3 is 5.97 Å². The zero-order valence-electron chi connectivity index (χ0n) is 16.6. The summed E-state index contributed by atoms with van der Waals surface area (Å²) in [6.45, 7) is 7.05. The minimum atomic E-state index is -0.445. The maximum Gasteiger partial charge on any atom is 0.348 e. The van der Waals surface area contributed by atoms with E-state index in [1.165, 1.54) is 6.92 Å². The summed E-state index contributed by atoms with van der Waals surface area (Å²) in [6.07, 6.45) is 0. The average molecular weight is 414 g/mol. The average Bonchev–Trinajstić information content (AvgIpc) is 3.00. The largest absolute Gasteiger partial charge is 0.462 e. The van der Waals surface area contributed by atoms with E-state index in [1.807, 2.05) is 19.1 Å². The summed E-state index contributed by atoms with van der Waals surface area (Å²) in [7, 11) is 0. The Morgan fingerprint density at radius 1 is 1.24 bits per heavy atom. The summed E-state index contributed by atoms with van der Waals surface area (Å²) in [6, 6.07) is 6.93. The number of aryl methyl sites for hydroxylation is 1.